The zero-order valence-electron chi connectivity index (χ0n) is 11.9. The van der Waals surface area contributed by atoms with E-state index in [1.807, 2.05) is 6.07 Å². The molecule has 0 bridgehead atoms. The van der Waals surface area contributed by atoms with Crippen LogP contribution in [0, 0.1) is 22.0 Å². The molecular formula is C14H20ClN3O3. The second-order valence-electron chi connectivity index (χ2n) is 5.64. The van der Waals surface area contributed by atoms with E-state index in [1.54, 1.807) is 12.1 Å². The second kappa shape index (κ2) is 6.60. The zero-order valence-corrected chi connectivity index (χ0v) is 12.8. The van der Waals surface area contributed by atoms with E-state index < -0.39 is 0 Å². The molecule has 2 atom stereocenters. The monoisotopic (exact) mass is 313 g/mol. The summed E-state index contributed by atoms with van der Waals surface area (Å²) < 4.78 is 5.03. The number of nitro benzene ring substituents is 1. The Kier molecular flexibility index (Phi) is 5.03. The predicted molar refractivity (Wildman–Crippen MR) is 82.0 cm³/mol. The van der Waals surface area contributed by atoms with Crippen molar-refractivity contribution < 1.29 is 9.66 Å². The number of benzene rings is 1. The summed E-state index contributed by atoms with van der Waals surface area (Å²) in [5.41, 5.74) is 1.02. The van der Waals surface area contributed by atoms with Gasteiger partial charge >= 0.3 is 5.69 Å². The van der Waals surface area contributed by atoms with Crippen LogP contribution >= 0.6 is 12.4 Å². The molecule has 21 heavy (non-hydrogen) atoms. The van der Waals surface area contributed by atoms with Crippen molar-refractivity contribution in [2.24, 2.45) is 11.8 Å². The Morgan fingerprint density at radius 2 is 2.05 bits per heavy atom. The Morgan fingerprint density at radius 1 is 1.38 bits per heavy atom. The summed E-state index contributed by atoms with van der Waals surface area (Å²) in [6.07, 6.45) is 0. The van der Waals surface area contributed by atoms with Crippen LogP contribution in [0.25, 0.3) is 0 Å². The van der Waals surface area contributed by atoms with Crippen molar-refractivity contribution >= 4 is 18.1 Å². The Morgan fingerprint density at radius 3 is 2.62 bits per heavy atom. The van der Waals surface area contributed by atoms with Crippen LogP contribution in [-0.4, -0.2) is 43.1 Å². The lowest BCUT2D eigenvalue weighted by atomic mass is 10.0. The molecule has 7 heteroatoms. The van der Waals surface area contributed by atoms with Gasteiger partial charge in [0.25, 0.3) is 0 Å². The van der Waals surface area contributed by atoms with Crippen LogP contribution in [-0.2, 0) is 6.54 Å². The largest absolute Gasteiger partial charge is 0.490 e. The number of nitro groups is 1. The molecule has 0 saturated carbocycles. The minimum atomic E-state index is -0.384. The predicted octanol–water partition coefficient (Wildman–Crippen LogP) is 1.68. The van der Waals surface area contributed by atoms with Crippen molar-refractivity contribution in [3.63, 3.8) is 0 Å². The molecule has 2 aliphatic heterocycles. The molecule has 1 N–H and O–H groups in total. The minimum Gasteiger partial charge on any atom is -0.490 e. The third kappa shape index (κ3) is 3.28. The molecule has 0 spiro atoms. The molecule has 0 unspecified atom stereocenters. The minimum absolute atomic E-state index is 0. The number of methoxy groups -OCH3 is 1. The van der Waals surface area contributed by atoms with E-state index in [0.29, 0.717) is 5.75 Å². The smallest absolute Gasteiger partial charge is 0.311 e. The maximum atomic E-state index is 11.0. The quantitative estimate of drug-likeness (QED) is 0.676. The summed E-state index contributed by atoms with van der Waals surface area (Å²) >= 11 is 0. The SMILES string of the molecule is COc1ccc(CN2C[C@H]3CNC[C@H]3C2)cc1[N+](=O)[O-].Cl. The Balaban J connectivity index is 0.00000161. The van der Waals surface area contributed by atoms with Gasteiger partial charge in [-0.2, -0.15) is 0 Å². The van der Waals surface area contributed by atoms with Crippen LogP contribution in [0.2, 0.25) is 0 Å². The molecule has 1 aromatic rings. The fourth-order valence-electron chi connectivity index (χ4n) is 3.32. The Labute approximate surface area is 130 Å². The van der Waals surface area contributed by atoms with Gasteiger partial charge in [0.15, 0.2) is 5.75 Å². The van der Waals surface area contributed by atoms with Crippen LogP contribution in [0.15, 0.2) is 18.2 Å². The first kappa shape index (κ1) is 16.0. The molecule has 6 nitrogen and oxygen atoms in total. The maximum Gasteiger partial charge on any atom is 0.311 e. The molecular weight excluding hydrogens is 294 g/mol. The van der Waals surface area contributed by atoms with Gasteiger partial charge in [0.1, 0.15) is 0 Å². The third-order valence-electron chi connectivity index (χ3n) is 4.31. The Hall–Kier alpha value is -1.37. The molecule has 0 aliphatic carbocycles. The number of hydrogen-bond acceptors (Lipinski definition) is 5. The van der Waals surface area contributed by atoms with Gasteiger partial charge in [0, 0.05) is 25.7 Å². The van der Waals surface area contributed by atoms with E-state index in [1.165, 1.54) is 7.11 Å². The van der Waals surface area contributed by atoms with E-state index in [2.05, 4.69) is 10.2 Å². The summed E-state index contributed by atoms with van der Waals surface area (Å²) in [5, 5.41) is 14.4. The number of rotatable bonds is 4. The first-order chi connectivity index (χ1) is 9.67. The average Bonchev–Trinajstić information content (AvgIpc) is 2.99. The van der Waals surface area contributed by atoms with Crippen molar-refractivity contribution in [1.29, 1.82) is 0 Å². The van der Waals surface area contributed by atoms with Crippen molar-refractivity contribution in [2.45, 2.75) is 6.54 Å². The van der Waals surface area contributed by atoms with E-state index >= 15 is 0 Å². The standard InChI is InChI=1S/C14H19N3O3.ClH/c1-20-14-3-2-10(4-13(14)17(18)19)7-16-8-11-5-15-6-12(11)9-16;/h2-4,11-12,15H,5-9H2,1H3;1H/t11-,12+;. The third-order valence-corrected chi connectivity index (χ3v) is 4.31. The number of nitrogens with one attached hydrogen (secondary N) is 1. The molecule has 0 aromatic heterocycles. The fraction of sp³-hybridized carbons (Fsp3) is 0.571. The van der Waals surface area contributed by atoms with Crippen LogP contribution in [0.3, 0.4) is 0 Å². The van der Waals surface area contributed by atoms with Crippen molar-refractivity contribution in [3.05, 3.63) is 33.9 Å². The highest BCUT2D eigenvalue weighted by Gasteiger charge is 2.35. The lowest BCUT2D eigenvalue weighted by Gasteiger charge is -2.17. The molecule has 0 radical (unpaired) electrons. The second-order valence-corrected chi connectivity index (χ2v) is 5.64. The van der Waals surface area contributed by atoms with Gasteiger partial charge in [-0.3, -0.25) is 15.0 Å². The van der Waals surface area contributed by atoms with Crippen molar-refractivity contribution in [1.82, 2.24) is 10.2 Å². The highest BCUT2D eigenvalue weighted by molar-refractivity contribution is 5.85. The summed E-state index contributed by atoms with van der Waals surface area (Å²) in [6, 6.07) is 5.23. The number of likely N-dealkylation sites (tertiary alicyclic amines) is 1. The maximum absolute atomic E-state index is 11.0. The van der Waals surface area contributed by atoms with Crippen LogP contribution in [0.5, 0.6) is 5.75 Å². The number of hydrogen-bond donors (Lipinski definition) is 1. The van der Waals surface area contributed by atoms with E-state index in [-0.39, 0.29) is 23.0 Å². The van der Waals surface area contributed by atoms with Gasteiger partial charge in [-0.25, -0.2) is 0 Å². The number of ether oxygens (including phenoxy) is 1. The first-order valence-electron chi connectivity index (χ1n) is 6.91. The van der Waals surface area contributed by atoms with Crippen molar-refractivity contribution in [3.8, 4) is 5.75 Å². The molecule has 2 fully saturated rings. The van der Waals surface area contributed by atoms with E-state index in [4.69, 9.17) is 4.74 Å². The van der Waals surface area contributed by atoms with Gasteiger partial charge < -0.3 is 10.1 Å². The summed E-state index contributed by atoms with van der Waals surface area (Å²) in [5.74, 6) is 1.80. The first-order valence-corrected chi connectivity index (χ1v) is 6.91. The molecule has 2 heterocycles. The van der Waals surface area contributed by atoms with Crippen LogP contribution in [0.1, 0.15) is 5.56 Å². The number of fused-ring (bicyclic) bond motifs is 1. The number of halogens is 1. The van der Waals surface area contributed by atoms with Gasteiger partial charge in [0.2, 0.25) is 0 Å². The van der Waals surface area contributed by atoms with Gasteiger partial charge in [-0.15, -0.1) is 12.4 Å². The van der Waals surface area contributed by atoms with Gasteiger partial charge in [0.05, 0.1) is 12.0 Å². The number of nitrogens with zero attached hydrogens (tertiary/aromatic N) is 2. The van der Waals surface area contributed by atoms with E-state index in [0.717, 1.165) is 50.1 Å². The van der Waals surface area contributed by atoms with Crippen molar-refractivity contribution in [2.75, 3.05) is 33.3 Å². The average molecular weight is 314 g/mol. The van der Waals surface area contributed by atoms with Crippen LogP contribution in [0.4, 0.5) is 5.69 Å². The van der Waals surface area contributed by atoms with Gasteiger partial charge in [-0.1, -0.05) is 6.07 Å². The van der Waals surface area contributed by atoms with E-state index in [9.17, 15) is 10.1 Å². The molecule has 3 rings (SSSR count). The molecule has 116 valence electrons. The summed E-state index contributed by atoms with van der Waals surface area (Å²) in [7, 11) is 1.46. The molecule has 2 aliphatic rings. The molecule has 2 saturated heterocycles. The van der Waals surface area contributed by atoms with Gasteiger partial charge in [-0.05, 0) is 36.6 Å². The lowest BCUT2D eigenvalue weighted by molar-refractivity contribution is -0.385. The Bertz CT molecular complexity index is 514. The van der Waals surface area contributed by atoms with Crippen LogP contribution < -0.4 is 10.1 Å². The summed E-state index contributed by atoms with van der Waals surface area (Å²) in [4.78, 5) is 13.0. The lowest BCUT2D eigenvalue weighted by Crippen LogP contribution is -2.25. The highest BCUT2D eigenvalue weighted by atomic mass is 35.5. The normalized spacial score (nSPS) is 24.4. The highest BCUT2D eigenvalue weighted by Crippen LogP contribution is 2.30. The molecule has 1 aromatic carbocycles. The fourth-order valence-corrected chi connectivity index (χ4v) is 3.32. The summed E-state index contributed by atoms with van der Waals surface area (Å²) in [6.45, 7) is 5.14. The zero-order chi connectivity index (χ0) is 14.1. The topological polar surface area (TPSA) is 67.6 Å². The molecule has 0 amide bonds.